The van der Waals surface area contributed by atoms with Crippen LogP contribution in [0.15, 0.2) is 24.5 Å². The predicted molar refractivity (Wildman–Crippen MR) is 87.9 cm³/mol. The van der Waals surface area contributed by atoms with Crippen LogP contribution in [-0.2, 0) is 4.79 Å². The van der Waals surface area contributed by atoms with Crippen LogP contribution in [0.25, 0.3) is 11.0 Å². The fraction of sp³-hybridized carbons (Fsp3) is 0.412. The minimum Gasteiger partial charge on any atom is -0.346 e. The van der Waals surface area contributed by atoms with Crippen molar-refractivity contribution in [3.63, 3.8) is 0 Å². The van der Waals surface area contributed by atoms with Gasteiger partial charge in [-0.15, -0.1) is 0 Å². The number of likely N-dealkylation sites (tertiary alicyclic amines) is 1. The molecule has 3 heterocycles. The van der Waals surface area contributed by atoms with Gasteiger partial charge >= 0.3 is 0 Å². The van der Waals surface area contributed by atoms with Crippen molar-refractivity contribution in [3.8, 4) is 6.07 Å². The average molecular weight is 325 g/mol. The molecule has 2 aromatic heterocycles. The molecule has 1 atom stereocenters. The Balaban J connectivity index is 1.76. The Hall–Kier alpha value is -2.88. The maximum absolute atomic E-state index is 12.6. The molecular weight excluding hydrogens is 306 g/mol. The van der Waals surface area contributed by atoms with E-state index in [9.17, 15) is 9.59 Å². The summed E-state index contributed by atoms with van der Waals surface area (Å²) in [5, 5.41) is 12.4. The Morgan fingerprint density at radius 2 is 2.17 bits per heavy atom. The molecule has 0 saturated carbocycles. The van der Waals surface area contributed by atoms with Gasteiger partial charge in [-0.05, 0) is 18.1 Å². The van der Waals surface area contributed by atoms with Crippen molar-refractivity contribution in [1.82, 2.24) is 20.2 Å². The minimum absolute atomic E-state index is 0.0499. The van der Waals surface area contributed by atoms with E-state index >= 15 is 0 Å². The van der Waals surface area contributed by atoms with Crippen LogP contribution in [0.3, 0.4) is 0 Å². The van der Waals surface area contributed by atoms with Crippen molar-refractivity contribution in [2.24, 2.45) is 11.8 Å². The van der Waals surface area contributed by atoms with Crippen molar-refractivity contribution in [1.29, 1.82) is 5.26 Å². The van der Waals surface area contributed by atoms with Crippen molar-refractivity contribution < 1.29 is 9.59 Å². The number of carbonyl (C=O) groups is 2. The molecule has 1 saturated heterocycles. The van der Waals surface area contributed by atoms with E-state index in [-0.39, 0.29) is 23.7 Å². The van der Waals surface area contributed by atoms with Crippen LogP contribution >= 0.6 is 0 Å². The van der Waals surface area contributed by atoms with Gasteiger partial charge < -0.3 is 15.2 Å². The summed E-state index contributed by atoms with van der Waals surface area (Å²) in [4.78, 5) is 34.0. The highest BCUT2D eigenvalue weighted by molar-refractivity contribution is 6.06. The number of hydrogen-bond acceptors (Lipinski definition) is 4. The molecule has 2 aromatic rings. The number of H-pyrrole nitrogens is 1. The number of nitrogens with one attached hydrogen (secondary N) is 2. The first-order chi connectivity index (χ1) is 11.5. The molecule has 0 bridgehead atoms. The van der Waals surface area contributed by atoms with E-state index in [1.165, 1.54) is 0 Å². The number of carbonyl (C=O) groups excluding carboxylic acids is 2. The third kappa shape index (κ3) is 2.83. The molecule has 3 rings (SSSR count). The lowest BCUT2D eigenvalue weighted by Crippen LogP contribution is -2.58. The van der Waals surface area contributed by atoms with Crippen molar-refractivity contribution in [3.05, 3.63) is 30.1 Å². The molecule has 0 aromatic carbocycles. The summed E-state index contributed by atoms with van der Waals surface area (Å²) in [5.74, 6) is -0.584. The third-order valence-corrected chi connectivity index (χ3v) is 4.30. The average Bonchev–Trinajstić information content (AvgIpc) is 2.99. The summed E-state index contributed by atoms with van der Waals surface area (Å²) in [5.41, 5.74) is 1.12. The van der Waals surface area contributed by atoms with Crippen LogP contribution in [0, 0.1) is 23.2 Å². The van der Waals surface area contributed by atoms with Gasteiger partial charge in [0.25, 0.3) is 5.91 Å². The molecule has 0 spiro atoms. The SMILES string of the molecule is CC(C)C(NC(=O)c1ccnc2[nH]ccc12)C(=O)N1CC(C#N)C1. The number of aromatic amines is 1. The smallest absolute Gasteiger partial charge is 0.252 e. The molecule has 1 fully saturated rings. The van der Waals surface area contributed by atoms with Crippen LogP contribution in [0.1, 0.15) is 24.2 Å². The molecule has 24 heavy (non-hydrogen) atoms. The van der Waals surface area contributed by atoms with E-state index in [0.717, 1.165) is 5.39 Å². The lowest BCUT2D eigenvalue weighted by molar-refractivity contribution is -0.139. The molecule has 2 amide bonds. The van der Waals surface area contributed by atoms with Gasteiger partial charge in [-0.25, -0.2) is 4.98 Å². The van der Waals surface area contributed by atoms with Gasteiger partial charge in [-0.2, -0.15) is 5.26 Å². The monoisotopic (exact) mass is 325 g/mol. The van der Waals surface area contributed by atoms with Crippen LogP contribution in [0.2, 0.25) is 0 Å². The lowest BCUT2D eigenvalue weighted by atomic mass is 9.96. The standard InChI is InChI=1S/C17H19N5O2/c1-10(2)14(17(24)22-8-11(7-18)9-22)21-16(23)13-4-6-20-15-12(13)3-5-19-15/h3-6,10-11,14H,8-9H2,1-2H3,(H,19,20)(H,21,23). The second-order valence-electron chi connectivity index (χ2n) is 6.36. The van der Waals surface area contributed by atoms with E-state index in [0.29, 0.717) is 24.3 Å². The van der Waals surface area contributed by atoms with Crippen LogP contribution < -0.4 is 5.32 Å². The first kappa shape index (κ1) is 16.0. The fourth-order valence-electron chi connectivity index (χ4n) is 2.83. The predicted octanol–water partition coefficient (Wildman–Crippen LogP) is 1.30. The summed E-state index contributed by atoms with van der Waals surface area (Å²) in [7, 11) is 0. The second kappa shape index (κ2) is 6.32. The molecule has 0 radical (unpaired) electrons. The quantitative estimate of drug-likeness (QED) is 0.884. The van der Waals surface area contributed by atoms with E-state index in [1.807, 2.05) is 13.8 Å². The Morgan fingerprint density at radius 1 is 1.42 bits per heavy atom. The molecule has 2 N–H and O–H groups in total. The largest absolute Gasteiger partial charge is 0.346 e. The highest BCUT2D eigenvalue weighted by atomic mass is 16.2. The first-order valence-electron chi connectivity index (χ1n) is 7.92. The summed E-state index contributed by atoms with van der Waals surface area (Å²) >= 11 is 0. The number of nitriles is 1. The van der Waals surface area contributed by atoms with Crippen molar-refractivity contribution >= 4 is 22.8 Å². The maximum atomic E-state index is 12.6. The van der Waals surface area contributed by atoms with E-state index < -0.39 is 6.04 Å². The highest BCUT2D eigenvalue weighted by Crippen LogP contribution is 2.19. The summed E-state index contributed by atoms with van der Waals surface area (Å²) in [6.07, 6.45) is 3.29. The van der Waals surface area contributed by atoms with Crippen molar-refractivity contribution in [2.75, 3.05) is 13.1 Å². The summed E-state index contributed by atoms with van der Waals surface area (Å²) in [6.45, 7) is 4.66. The molecule has 0 aliphatic carbocycles. The van der Waals surface area contributed by atoms with Gasteiger partial charge in [0.2, 0.25) is 5.91 Å². The highest BCUT2D eigenvalue weighted by Gasteiger charge is 2.36. The van der Waals surface area contributed by atoms with E-state index in [4.69, 9.17) is 5.26 Å². The van der Waals surface area contributed by atoms with E-state index in [1.54, 1.807) is 29.4 Å². The zero-order valence-corrected chi connectivity index (χ0v) is 13.6. The van der Waals surface area contributed by atoms with Crippen LogP contribution in [0.5, 0.6) is 0 Å². The van der Waals surface area contributed by atoms with Gasteiger partial charge in [-0.1, -0.05) is 13.8 Å². The number of rotatable bonds is 4. The number of nitrogens with zero attached hydrogens (tertiary/aromatic N) is 3. The van der Waals surface area contributed by atoms with Crippen molar-refractivity contribution in [2.45, 2.75) is 19.9 Å². The van der Waals surface area contributed by atoms with Gasteiger partial charge in [0.1, 0.15) is 11.7 Å². The third-order valence-electron chi connectivity index (χ3n) is 4.30. The van der Waals surface area contributed by atoms with Crippen LogP contribution in [-0.4, -0.2) is 45.8 Å². The lowest BCUT2D eigenvalue weighted by Gasteiger charge is -2.38. The molecule has 7 nitrogen and oxygen atoms in total. The topological polar surface area (TPSA) is 102 Å². The molecule has 1 unspecified atom stereocenters. The fourth-order valence-corrected chi connectivity index (χ4v) is 2.83. The molecule has 7 heteroatoms. The second-order valence-corrected chi connectivity index (χ2v) is 6.36. The molecule has 1 aliphatic heterocycles. The van der Waals surface area contributed by atoms with Crippen LogP contribution in [0.4, 0.5) is 0 Å². The Labute approximate surface area is 139 Å². The normalized spacial score (nSPS) is 15.8. The van der Waals surface area contributed by atoms with Gasteiger partial charge in [0.05, 0.1) is 17.6 Å². The zero-order valence-electron chi connectivity index (χ0n) is 13.6. The summed E-state index contributed by atoms with van der Waals surface area (Å²) < 4.78 is 0. The number of amides is 2. The van der Waals surface area contributed by atoms with Gasteiger partial charge in [0, 0.05) is 30.9 Å². The molecule has 1 aliphatic rings. The number of aromatic nitrogens is 2. The van der Waals surface area contributed by atoms with Gasteiger partial charge in [-0.3, -0.25) is 9.59 Å². The number of pyridine rings is 1. The van der Waals surface area contributed by atoms with E-state index in [2.05, 4.69) is 21.4 Å². The Morgan fingerprint density at radius 3 is 2.83 bits per heavy atom. The zero-order chi connectivity index (χ0) is 17.3. The first-order valence-corrected chi connectivity index (χ1v) is 7.92. The molecular formula is C17H19N5O2. The Kier molecular flexibility index (Phi) is 4.21. The molecule has 124 valence electrons. The number of hydrogen-bond donors (Lipinski definition) is 2. The maximum Gasteiger partial charge on any atom is 0.252 e. The van der Waals surface area contributed by atoms with Gasteiger partial charge in [0.15, 0.2) is 0 Å². The Bertz CT molecular complexity index is 814. The minimum atomic E-state index is -0.612. The number of fused-ring (bicyclic) bond motifs is 1. The summed E-state index contributed by atoms with van der Waals surface area (Å²) in [6, 6.07) is 4.96.